The van der Waals surface area contributed by atoms with Crippen LogP contribution in [0.3, 0.4) is 0 Å². The van der Waals surface area contributed by atoms with E-state index in [9.17, 15) is 4.39 Å². The SMILES string of the molecule is Nc1cc(F)cc(N)c1O. The lowest BCUT2D eigenvalue weighted by Gasteiger charge is -2.00. The lowest BCUT2D eigenvalue weighted by atomic mass is 10.2. The molecule has 0 radical (unpaired) electrons. The summed E-state index contributed by atoms with van der Waals surface area (Å²) in [4.78, 5) is 0. The van der Waals surface area contributed by atoms with Gasteiger partial charge in [0.1, 0.15) is 5.82 Å². The van der Waals surface area contributed by atoms with Gasteiger partial charge in [-0.15, -0.1) is 0 Å². The predicted molar refractivity (Wildman–Crippen MR) is 36.9 cm³/mol. The Morgan fingerprint density at radius 2 is 1.60 bits per heavy atom. The second kappa shape index (κ2) is 2.06. The summed E-state index contributed by atoms with van der Waals surface area (Å²) in [5.74, 6) is -0.811. The summed E-state index contributed by atoms with van der Waals surface area (Å²) in [6.07, 6.45) is 0. The van der Waals surface area contributed by atoms with Crippen molar-refractivity contribution in [1.82, 2.24) is 0 Å². The van der Waals surface area contributed by atoms with Crippen molar-refractivity contribution in [3.63, 3.8) is 0 Å². The first-order chi connectivity index (χ1) is 4.61. The van der Waals surface area contributed by atoms with Gasteiger partial charge < -0.3 is 16.6 Å². The van der Waals surface area contributed by atoms with Crippen molar-refractivity contribution in [2.45, 2.75) is 0 Å². The zero-order chi connectivity index (χ0) is 7.72. The topological polar surface area (TPSA) is 72.3 Å². The molecule has 1 aromatic carbocycles. The maximum absolute atomic E-state index is 12.3. The highest BCUT2D eigenvalue weighted by Gasteiger charge is 2.02. The largest absolute Gasteiger partial charge is 0.504 e. The molecule has 3 nitrogen and oxygen atoms in total. The highest BCUT2D eigenvalue weighted by molar-refractivity contribution is 5.66. The predicted octanol–water partition coefficient (Wildman–Crippen LogP) is 0.696. The summed E-state index contributed by atoms with van der Waals surface area (Å²) < 4.78 is 12.3. The second-order valence-corrected chi connectivity index (χ2v) is 1.93. The highest BCUT2D eigenvalue weighted by atomic mass is 19.1. The minimum Gasteiger partial charge on any atom is -0.504 e. The van der Waals surface area contributed by atoms with E-state index in [-0.39, 0.29) is 17.1 Å². The van der Waals surface area contributed by atoms with E-state index in [4.69, 9.17) is 16.6 Å². The summed E-state index contributed by atoms with van der Waals surface area (Å²) >= 11 is 0. The Morgan fingerprint density at radius 3 is 2.00 bits per heavy atom. The fraction of sp³-hybridized carbons (Fsp3) is 0. The minimum absolute atomic E-state index is 0.0440. The van der Waals surface area contributed by atoms with Gasteiger partial charge in [0.25, 0.3) is 0 Å². The maximum Gasteiger partial charge on any atom is 0.161 e. The molecular weight excluding hydrogens is 135 g/mol. The summed E-state index contributed by atoms with van der Waals surface area (Å²) in [7, 11) is 0. The zero-order valence-electron chi connectivity index (χ0n) is 5.13. The molecule has 0 amide bonds. The van der Waals surface area contributed by atoms with Gasteiger partial charge in [-0.25, -0.2) is 4.39 Å². The number of nitrogen functional groups attached to an aromatic ring is 2. The molecule has 54 valence electrons. The third-order valence-corrected chi connectivity index (χ3v) is 1.13. The molecule has 0 atom stereocenters. The van der Waals surface area contributed by atoms with Crippen LogP contribution in [-0.4, -0.2) is 5.11 Å². The van der Waals surface area contributed by atoms with Crippen LogP contribution in [-0.2, 0) is 0 Å². The van der Waals surface area contributed by atoms with Gasteiger partial charge in [-0.3, -0.25) is 0 Å². The third kappa shape index (κ3) is 0.953. The number of halogens is 1. The number of phenols is 1. The lowest BCUT2D eigenvalue weighted by molar-refractivity contribution is 0.479. The molecule has 0 saturated carbocycles. The molecule has 4 heteroatoms. The Kier molecular flexibility index (Phi) is 1.37. The van der Waals surface area contributed by atoms with Gasteiger partial charge in [0, 0.05) is 12.1 Å². The zero-order valence-corrected chi connectivity index (χ0v) is 5.13. The molecule has 0 saturated heterocycles. The van der Waals surface area contributed by atoms with Crippen LogP contribution in [0.4, 0.5) is 15.8 Å². The Balaban J connectivity index is 3.31. The molecule has 5 N–H and O–H groups in total. The number of hydrogen-bond donors (Lipinski definition) is 3. The van der Waals surface area contributed by atoms with E-state index in [1.807, 2.05) is 0 Å². The minimum atomic E-state index is -0.548. The van der Waals surface area contributed by atoms with E-state index in [1.165, 1.54) is 0 Å². The molecule has 0 aliphatic carbocycles. The van der Waals surface area contributed by atoms with Gasteiger partial charge in [0.15, 0.2) is 5.75 Å². The molecule has 0 unspecified atom stereocenters. The summed E-state index contributed by atoms with van der Waals surface area (Å²) in [5, 5.41) is 8.91. The maximum atomic E-state index is 12.3. The van der Waals surface area contributed by atoms with Crippen molar-refractivity contribution in [2.24, 2.45) is 0 Å². The first kappa shape index (κ1) is 6.67. The smallest absolute Gasteiger partial charge is 0.161 e. The molecule has 0 aliphatic rings. The first-order valence-electron chi connectivity index (χ1n) is 2.64. The lowest BCUT2D eigenvalue weighted by Crippen LogP contribution is -1.92. The van der Waals surface area contributed by atoms with Crippen molar-refractivity contribution in [2.75, 3.05) is 11.5 Å². The van der Waals surface area contributed by atoms with Crippen LogP contribution in [0.2, 0.25) is 0 Å². The van der Waals surface area contributed by atoms with Crippen molar-refractivity contribution in [3.05, 3.63) is 17.9 Å². The Labute approximate surface area is 57.1 Å². The van der Waals surface area contributed by atoms with Crippen LogP contribution in [0.1, 0.15) is 0 Å². The van der Waals surface area contributed by atoms with E-state index in [1.54, 1.807) is 0 Å². The van der Waals surface area contributed by atoms with Crippen LogP contribution in [0.5, 0.6) is 5.75 Å². The molecule has 0 aromatic heterocycles. The molecule has 0 bridgehead atoms. The molecular formula is C6H7FN2O. The van der Waals surface area contributed by atoms with E-state index >= 15 is 0 Å². The van der Waals surface area contributed by atoms with Crippen molar-refractivity contribution < 1.29 is 9.50 Å². The number of hydrogen-bond acceptors (Lipinski definition) is 3. The van der Waals surface area contributed by atoms with Gasteiger partial charge in [-0.1, -0.05) is 0 Å². The Morgan fingerprint density at radius 1 is 1.20 bits per heavy atom. The van der Waals surface area contributed by atoms with Crippen molar-refractivity contribution in [1.29, 1.82) is 0 Å². The van der Waals surface area contributed by atoms with E-state index in [0.29, 0.717) is 0 Å². The standard InChI is InChI=1S/C6H7FN2O/c7-3-1-4(8)6(10)5(9)2-3/h1-2,10H,8-9H2. The fourth-order valence-electron chi connectivity index (χ4n) is 0.642. The van der Waals surface area contributed by atoms with Crippen molar-refractivity contribution in [3.8, 4) is 5.75 Å². The molecule has 0 spiro atoms. The highest BCUT2D eigenvalue weighted by Crippen LogP contribution is 2.27. The van der Waals surface area contributed by atoms with E-state index < -0.39 is 5.82 Å². The van der Waals surface area contributed by atoms with Crippen LogP contribution in [0.15, 0.2) is 12.1 Å². The van der Waals surface area contributed by atoms with Gasteiger partial charge in [-0.05, 0) is 0 Å². The van der Waals surface area contributed by atoms with Crippen LogP contribution < -0.4 is 11.5 Å². The number of phenolic OH excluding ortho intramolecular Hbond substituents is 1. The summed E-state index contributed by atoms with van der Waals surface area (Å²) in [5.41, 5.74) is 10.2. The molecule has 1 aromatic rings. The number of benzene rings is 1. The van der Waals surface area contributed by atoms with Crippen LogP contribution in [0, 0.1) is 5.82 Å². The average Bonchev–Trinajstić information content (AvgIpc) is 1.82. The Bertz CT molecular complexity index is 239. The molecule has 10 heavy (non-hydrogen) atoms. The summed E-state index contributed by atoms with van der Waals surface area (Å²) in [6.45, 7) is 0. The van der Waals surface area contributed by atoms with Crippen LogP contribution >= 0.6 is 0 Å². The number of rotatable bonds is 0. The van der Waals surface area contributed by atoms with Crippen molar-refractivity contribution >= 4 is 11.4 Å². The summed E-state index contributed by atoms with van der Waals surface area (Å²) in [6, 6.07) is 2.01. The Hall–Kier alpha value is -1.45. The van der Waals surface area contributed by atoms with Gasteiger partial charge >= 0.3 is 0 Å². The molecule has 0 fully saturated rings. The average molecular weight is 142 g/mol. The number of nitrogens with two attached hydrogens (primary N) is 2. The number of anilines is 2. The van der Waals surface area contributed by atoms with E-state index in [2.05, 4.69) is 0 Å². The van der Waals surface area contributed by atoms with Gasteiger partial charge in [0.05, 0.1) is 11.4 Å². The second-order valence-electron chi connectivity index (χ2n) is 1.93. The molecule has 1 rings (SSSR count). The fourth-order valence-corrected chi connectivity index (χ4v) is 0.642. The van der Waals surface area contributed by atoms with Gasteiger partial charge in [0.2, 0.25) is 0 Å². The van der Waals surface area contributed by atoms with Crippen LogP contribution in [0.25, 0.3) is 0 Å². The molecule has 0 aliphatic heterocycles. The third-order valence-electron chi connectivity index (χ3n) is 1.13. The van der Waals surface area contributed by atoms with Gasteiger partial charge in [-0.2, -0.15) is 0 Å². The first-order valence-corrected chi connectivity index (χ1v) is 2.64. The molecule has 0 heterocycles. The quantitative estimate of drug-likeness (QED) is 0.368. The van der Waals surface area contributed by atoms with E-state index in [0.717, 1.165) is 12.1 Å². The monoisotopic (exact) mass is 142 g/mol. The number of aromatic hydroxyl groups is 1. The normalized spacial score (nSPS) is 9.70.